The Morgan fingerprint density at radius 3 is 2.00 bits per heavy atom. The van der Waals surface area contributed by atoms with Crippen LogP contribution in [0.25, 0.3) is 0 Å². The molecule has 0 atom stereocenters. The molecule has 0 saturated heterocycles. The largest absolute Gasteiger partial charge is 0.416 e. The van der Waals surface area contributed by atoms with Crippen LogP contribution in [0.1, 0.15) is 76.7 Å². The summed E-state index contributed by atoms with van der Waals surface area (Å²) in [6, 6.07) is 3.68. The van der Waals surface area contributed by atoms with Crippen molar-refractivity contribution in [3.05, 3.63) is 29.8 Å². The van der Waals surface area contributed by atoms with Gasteiger partial charge in [0.15, 0.2) is 0 Å². The molecule has 8 heteroatoms. The predicted octanol–water partition coefficient (Wildman–Crippen LogP) is 6.18. The number of unbranched alkanes of at least 4 members (excludes halogenated alkanes) is 3. The Labute approximate surface area is 192 Å². The second kappa shape index (κ2) is 12.4. The molecule has 0 radical (unpaired) electrons. The van der Waals surface area contributed by atoms with Gasteiger partial charge in [-0.3, -0.25) is 0 Å². The summed E-state index contributed by atoms with van der Waals surface area (Å²) in [5.74, 6) is 0.638. The molecule has 2 rings (SSSR count). The van der Waals surface area contributed by atoms with Crippen molar-refractivity contribution in [2.75, 3.05) is 27.2 Å². The quantitative estimate of drug-likeness (QED) is 0.338. The Kier molecular flexibility index (Phi) is 10.5. The number of benzene rings is 1. The number of alkyl halides is 3. The molecular weight excluding hydrogens is 437 g/mol. The highest BCUT2D eigenvalue weighted by Crippen LogP contribution is 2.34. The van der Waals surface area contributed by atoms with Crippen LogP contribution in [0.5, 0.6) is 0 Å². The van der Waals surface area contributed by atoms with E-state index in [0.717, 1.165) is 56.5 Å². The van der Waals surface area contributed by atoms with Gasteiger partial charge >= 0.3 is 6.18 Å². The molecule has 0 heterocycles. The third-order valence-corrected chi connectivity index (χ3v) is 8.66. The van der Waals surface area contributed by atoms with Crippen LogP contribution in [-0.2, 0) is 16.2 Å². The first kappa shape index (κ1) is 27.1. The fourth-order valence-corrected chi connectivity index (χ4v) is 5.95. The van der Waals surface area contributed by atoms with Gasteiger partial charge in [-0.2, -0.15) is 17.5 Å². The van der Waals surface area contributed by atoms with Gasteiger partial charge in [0.1, 0.15) is 0 Å². The minimum Gasteiger partial charge on any atom is -0.306 e. The molecule has 0 unspecified atom stereocenters. The van der Waals surface area contributed by atoms with E-state index in [0.29, 0.717) is 5.92 Å². The number of nitrogens with zero attached hydrogens (tertiary/aromatic N) is 2. The first-order valence-corrected chi connectivity index (χ1v) is 13.3. The molecule has 1 aromatic carbocycles. The molecule has 0 bridgehead atoms. The van der Waals surface area contributed by atoms with Crippen molar-refractivity contribution >= 4 is 10.0 Å². The summed E-state index contributed by atoms with van der Waals surface area (Å²) in [5.41, 5.74) is -0.841. The molecular formula is C24H39F3N2O2S. The van der Waals surface area contributed by atoms with E-state index in [1.165, 1.54) is 49.4 Å². The summed E-state index contributed by atoms with van der Waals surface area (Å²) >= 11 is 0. The van der Waals surface area contributed by atoms with Crippen LogP contribution < -0.4 is 0 Å². The lowest BCUT2D eigenvalue weighted by molar-refractivity contribution is -0.137. The van der Waals surface area contributed by atoms with Gasteiger partial charge in [0.05, 0.1) is 10.5 Å². The monoisotopic (exact) mass is 476 g/mol. The van der Waals surface area contributed by atoms with E-state index in [2.05, 4.69) is 18.9 Å². The number of hydrogen-bond donors (Lipinski definition) is 0. The third-order valence-electron chi connectivity index (χ3n) is 6.73. The van der Waals surface area contributed by atoms with E-state index in [1.807, 2.05) is 0 Å². The second-order valence-corrected chi connectivity index (χ2v) is 11.2. The van der Waals surface area contributed by atoms with Crippen molar-refractivity contribution < 1.29 is 21.6 Å². The number of sulfonamides is 1. The lowest BCUT2D eigenvalue weighted by Crippen LogP contribution is -2.39. The van der Waals surface area contributed by atoms with Crippen molar-refractivity contribution in [2.45, 2.75) is 88.2 Å². The Bertz CT molecular complexity index is 773. The van der Waals surface area contributed by atoms with Crippen LogP contribution in [0.3, 0.4) is 0 Å². The second-order valence-electron chi connectivity index (χ2n) is 9.22. The highest BCUT2D eigenvalue weighted by atomic mass is 32.2. The number of rotatable bonds is 12. The van der Waals surface area contributed by atoms with Crippen LogP contribution in [-0.4, -0.2) is 50.8 Å². The van der Waals surface area contributed by atoms with E-state index in [1.54, 1.807) is 7.05 Å². The molecule has 4 nitrogen and oxygen atoms in total. The summed E-state index contributed by atoms with van der Waals surface area (Å²) in [6.07, 6.45) is 6.53. The molecule has 0 N–H and O–H groups in total. The molecule has 0 spiro atoms. The molecule has 32 heavy (non-hydrogen) atoms. The van der Waals surface area contributed by atoms with E-state index in [-0.39, 0.29) is 10.9 Å². The Hall–Kier alpha value is -1.12. The zero-order valence-electron chi connectivity index (χ0n) is 19.7. The fraction of sp³-hybridized carbons (Fsp3) is 0.750. The summed E-state index contributed by atoms with van der Waals surface area (Å²) in [5, 5.41) is 0. The summed E-state index contributed by atoms with van der Waals surface area (Å²) in [7, 11) is -0.0618. The van der Waals surface area contributed by atoms with Crippen molar-refractivity contribution in [2.24, 2.45) is 5.92 Å². The molecule has 0 amide bonds. The Balaban J connectivity index is 1.76. The maximum absolute atomic E-state index is 12.9. The topological polar surface area (TPSA) is 40.6 Å². The maximum Gasteiger partial charge on any atom is 0.416 e. The smallest absolute Gasteiger partial charge is 0.306 e. The first-order valence-electron chi connectivity index (χ1n) is 11.9. The average molecular weight is 477 g/mol. The lowest BCUT2D eigenvalue weighted by atomic mass is 9.83. The summed E-state index contributed by atoms with van der Waals surface area (Å²) < 4.78 is 65.4. The van der Waals surface area contributed by atoms with Crippen LogP contribution in [0, 0.1) is 5.92 Å². The van der Waals surface area contributed by atoms with Crippen LogP contribution >= 0.6 is 0 Å². The standard InChI is InChI=1S/C24H39F3N2O2S/c1-4-5-7-18-28(2)19-8-6-9-20-10-14-22(15-11-20)29(3)32(30,31)23-16-12-21(13-17-23)24(25,26)27/h12-13,16-17,20,22H,4-11,14-15,18-19H2,1-3H3/t20-,22-. The Morgan fingerprint density at radius 1 is 0.906 bits per heavy atom. The highest BCUT2D eigenvalue weighted by molar-refractivity contribution is 7.89. The van der Waals surface area contributed by atoms with Gasteiger partial charge in [0.2, 0.25) is 10.0 Å². The summed E-state index contributed by atoms with van der Waals surface area (Å²) in [6.45, 7) is 4.52. The van der Waals surface area contributed by atoms with E-state index >= 15 is 0 Å². The molecule has 1 aliphatic rings. The number of halogens is 3. The minimum absolute atomic E-state index is 0.0850. The van der Waals surface area contributed by atoms with Gasteiger partial charge in [-0.1, -0.05) is 32.6 Å². The SMILES string of the molecule is CCCCCN(C)CCCC[C@H]1CC[C@H](N(C)S(=O)(=O)c2ccc(C(F)(F)F)cc2)CC1. The fourth-order valence-electron chi connectivity index (χ4n) is 4.53. The third kappa shape index (κ3) is 8.03. The van der Waals surface area contributed by atoms with Gasteiger partial charge in [0, 0.05) is 13.1 Å². The van der Waals surface area contributed by atoms with Gasteiger partial charge in [0.25, 0.3) is 0 Å². The average Bonchev–Trinajstić information content (AvgIpc) is 2.76. The lowest BCUT2D eigenvalue weighted by Gasteiger charge is -2.34. The van der Waals surface area contributed by atoms with E-state index < -0.39 is 21.8 Å². The van der Waals surface area contributed by atoms with Crippen LogP contribution in [0.4, 0.5) is 13.2 Å². The van der Waals surface area contributed by atoms with Crippen LogP contribution in [0.15, 0.2) is 29.2 Å². The van der Waals surface area contributed by atoms with E-state index in [4.69, 9.17) is 0 Å². The zero-order chi connectivity index (χ0) is 23.8. The van der Waals surface area contributed by atoms with Crippen LogP contribution in [0.2, 0.25) is 0 Å². The molecule has 0 aliphatic heterocycles. The molecule has 1 aromatic rings. The zero-order valence-corrected chi connectivity index (χ0v) is 20.5. The van der Waals surface area contributed by atoms with E-state index in [9.17, 15) is 21.6 Å². The van der Waals surface area contributed by atoms with Crippen molar-refractivity contribution in [3.63, 3.8) is 0 Å². The molecule has 1 saturated carbocycles. The van der Waals surface area contributed by atoms with Gasteiger partial charge in [-0.25, -0.2) is 8.42 Å². The Morgan fingerprint density at radius 2 is 1.47 bits per heavy atom. The van der Waals surface area contributed by atoms with Gasteiger partial charge in [-0.05, 0) is 88.8 Å². The molecule has 0 aromatic heterocycles. The summed E-state index contributed by atoms with van der Waals surface area (Å²) in [4.78, 5) is 2.33. The van der Waals surface area contributed by atoms with Crippen molar-refractivity contribution in [1.82, 2.24) is 9.21 Å². The van der Waals surface area contributed by atoms with Gasteiger partial charge < -0.3 is 4.90 Å². The predicted molar refractivity (Wildman–Crippen MR) is 123 cm³/mol. The molecule has 1 aliphatic carbocycles. The van der Waals surface area contributed by atoms with Gasteiger partial charge in [-0.15, -0.1) is 0 Å². The highest BCUT2D eigenvalue weighted by Gasteiger charge is 2.33. The number of hydrogen-bond acceptors (Lipinski definition) is 3. The van der Waals surface area contributed by atoms with Crippen molar-refractivity contribution in [1.29, 1.82) is 0 Å². The normalized spacial score (nSPS) is 20.2. The molecule has 184 valence electrons. The minimum atomic E-state index is -4.48. The molecule has 1 fully saturated rings. The maximum atomic E-state index is 12.9. The first-order chi connectivity index (χ1) is 15.1. The van der Waals surface area contributed by atoms with Crippen molar-refractivity contribution in [3.8, 4) is 0 Å².